The normalized spacial score (nSPS) is 11.0. The van der Waals surface area contributed by atoms with Gasteiger partial charge in [0.05, 0.1) is 5.69 Å². The van der Waals surface area contributed by atoms with E-state index in [0.29, 0.717) is 5.46 Å². The molecule has 4 heteroatoms. The minimum Gasteiger partial charge on any atom is -0.423 e. The fourth-order valence-electron chi connectivity index (χ4n) is 5.79. The molecule has 0 amide bonds. The van der Waals surface area contributed by atoms with E-state index in [0.717, 1.165) is 39.3 Å². The number of benzene rings is 7. The highest BCUT2D eigenvalue weighted by atomic mass is 16.4. The number of rotatable bonds is 7. The fraction of sp³-hybridized carbons (Fsp3) is 0. The predicted octanol–water partition coefficient (Wildman–Crippen LogP) is 8.99. The summed E-state index contributed by atoms with van der Waals surface area (Å²) >= 11 is 0. The molecule has 0 aliphatic carbocycles. The van der Waals surface area contributed by atoms with Crippen LogP contribution in [0.25, 0.3) is 44.2 Å². The van der Waals surface area contributed by atoms with Crippen molar-refractivity contribution in [2.24, 2.45) is 0 Å². The minimum absolute atomic E-state index is 0.473. The number of para-hydroxylation sites is 1. The molecule has 0 aliphatic rings. The quantitative estimate of drug-likeness (QED) is 0.189. The van der Waals surface area contributed by atoms with Crippen LogP contribution in [0, 0.1) is 0 Å². The van der Waals surface area contributed by atoms with E-state index in [1.807, 2.05) is 24.3 Å². The van der Waals surface area contributed by atoms with Gasteiger partial charge in [-0.2, -0.15) is 0 Å². The Balaban J connectivity index is 1.33. The molecule has 0 heterocycles. The number of hydrogen-bond acceptors (Lipinski definition) is 3. The van der Waals surface area contributed by atoms with Crippen LogP contribution in [0.5, 0.6) is 0 Å². The molecule has 0 radical (unpaired) electrons. The van der Waals surface area contributed by atoms with Gasteiger partial charge < -0.3 is 14.9 Å². The Bertz CT molecular complexity index is 2020. The maximum absolute atomic E-state index is 9.49. The summed E-state index contributed by atoms with van der Waals surface area (Å²) in [5, 5.41) is 21.3. The van der Waals surface area contributed by atoms with Crippen molar-refractivity contribution in [3.63, 3.8) is 0 Å². The molecule has 0 bridgehead atoms. The lowest BCUT2D eigenvalue weighted by atomic mass is 9.80. The van der Waals surface area contributed by atoms with E-state index in [-0.39, 0.29) is 0 Å². The largest absolute Gasteiger partial charge is 0.488 e. The summed E-state index contributed by atoms with van der Waals surface area (Å²) in [6, 6.07) is 58.7. The maximum atomic E-state index is 9.49. The summed E-state index contributed by atoms with van der Waals surface area (Å²) in [6.45, 7) is 0. The van der Waals surface area contributed by atoms with Gasteiger partial charge in [-0.15, -0.1) is 0 Å². The van der Waals surface area contributed by atoms with E-state index in [2.05, 4.69) is 138 Å². The molecule has 7 aromatic rings. The number of fused-ring (bicyclic) bond motifs is 1. The molecule has 0 aromatic heterocycles. The van der Waals surface area contributed by atoms with Crippen molar-refractivity contribution >= 4 is 40.4 Å². The first-order chi connectivity index (χ1) is 21.6. The molecular weight excluding hydrogens is 537 g/mol. The van der Waals surface area contributed by atoms with Gasteiger partial charge in [-0.3, -0.25) is 0 Å². The van der Waals surface area contributed by atoms with Crippen molar-refractivity contribution in [2.45, 2.75) is 0 Å². The zero-order valence-corrected chi connectivity index (χ0v) is 24.1. The first kappa shape index (κ1) is 27.4. The van der Waals surface area contributed by atoms with Gasteiger partial charge in [0, 0.05) is 16.9 Å². The summed E-state index contributed by atoms with van der Waals surface area (Å²) in [5.41, 5.74) is 10.5. The summed E-state index contributed by atoms with van der Waals surface area (Å²) in [5.74, 6) is 0. The van der Waals surface area contributed by atoms with Gasteiger partial charge in [0.1, 0.15) is 0 Å². The highest BCUT2D eigenvalue weighted by Crippen LogP contribution is 2.42. The van der Waals surface area contributed by atoms with Crippen molar-refractivity contribution in [2.75, 3.05) is 4.90 Å². The lowest BCUT2D eigenvalue weighted by Gasteiger charge is -2.28. The molecule has 0 unspecified atom stereocenters. The fourth-order valence-corrected chi connectivity index (χ4v) is 5.79. The standard InChI is InChI=1S/C40H30BNO2/c43-41(44)36-22-17-30(18-23-36)31-19-24-37(25-20-31)42(40-14-8-7-13-39(40)32-11-5-2-6-12-32)38-26-21-34-27-33(15-16-35(34)28-38)29-9-3-1-4-10-29/h1-28,43-44H. The van der Waals surface area contributed by atoms with Crippen LogP contribution in [-0.4, -0.2) is 17.2 Å². The van der Waals surface area contributed by atoms with Crippen LogP contribution >= 0.6 is 0 Å². The van der Waals surface area contributed by atoms with Crippen molar-refractivity contribution in [1.29, 1.82) is 0 Å². The zero-order chi connectivity index (χ0) is 29.9. The highest BCUT2D eigenvalue weighted by Gasteiger charge is 2.18. The molecule has 3 nitrogen and oxygen atoms in total. The Labute approximate surface area is 258 Å². The van der Waals surface area contributed by atoms with Gasteiger partial charge in [0.25, 0.3) is 0 Å². The molecule has 0 spiro atoms. The maximum Gasteiger partial charge on any atom is 0.488 e. The highest BCUT2D eigenvalue weighted by molar-refractivity contribution is 6.58. The van der Waals surface area contributed by atoms with Gasteiger partial charge in [-0.05, 0) is 80.5 Å². The monoisotopic (exact) mass is 567 g/mol. The first-order valence-corrected chi connectivity index (χ1v) is 14.7. The van der Waals surface area contributed by atoms with Crippen LogP contribution < -0.4 is 10.4 Å². The lowest BCUT2D eigenvalue weighted by Crippen LogP contribution is -2.29. The van der Waals surface area contributed by atoms with E-state index < -0.39 is 7.12 Å². The van der Waals surface area contributed by atoms with E-state index >= 15 is 0 Å². The Hall–Kier alpha value is -5.42. The van der Waals surface area contributed by atoms with Crippen LogP contribution in [0.15, 0.2) is 170 Å². The van der Waals surface area contributed by atoms with Gasteiger partial charge in [-0.25, -0.2) is 0 Å². The summed E-state index contributed by atoms with van der Waals surface area (Å²) in [7, 11) is -1.48. The molecule has 0 atom stereocenters. The Morgan fingerprint density at radius 3 is 1.57 bits per heavy atom. The van der Waals surface area contributed by atoms with Crippen LogP contribution in [0.1, 0.15) is 0 Å². The van der Waals surface area contributed by atoms with E-state index in [4.69, 9.17) is 0 Å². The third-order valence-electron chi connectivity index (χ3n) is 8.09. The Morgan fingerprint density at radius 1 is 0.386 bits per heavy atom. The topological polar surface area (TPSA) is 43.7 Å². The van der Waals surface area contributed by atoms with Gasteiger partial charge in [-0.1, -0.05) is 133 Å². The molecule has 0 aliphatic heterocycles. The molecule has 7 aromatic carbocycles. The molecule has 44 heavy (non-hydrogen) atoms. The second kappa shape index (κ2) is 12.1. The Morgan fingerprint density at radius 2 is 0.886 bits per heavy atom. The van der Waals surface area contributed by atoms with Gasteiger partial charge in [0.2, 0.25) is 0 Å². The van der Waals surface area contributed by atoms with Crippen molar-refractivity contribution in [3.05, 3.63) is 170 Å². The SMILES string of the molecule is OB(O)c1ccc(-c2ccc(N(c3ccc4cc(-c5ccccc5)ccc4c3)c3ccccc3-c3ccccc3)cc2)cc1. The van der Waals surface area contributed by atoms with E-state index in [9.17, 15) is 10.0 Å². The van der Waals surface area contributed by atoms with Crippen molar-refractivity contribution < 1.29 is 10.0 Å². The number of hydrogen-bond donors (Lipinski definition) is 2. The zero-order valence-electron chi connectivity index (χ0n) is 24.1. The average molecular weight is 567 g/mol. The predicted molar refractivity (Wildman–Crippen MR) is 185 cm³/mol. The third-order valence-corrected chi connectivity index (χ3v) is 8.09. The lowest BCUT2D eigenvalue weighted by molar-refractivity contribution is 0.426. The first-order valence-electron chi connectivity index (χ1n) is 14.7. The minimum atomic E-state index is -1.48. The van der Waals surface area contributed by atoms with Crippen molar-refractivity contribution in [1.82, 2.24) is 0 Å². The average Bonchev–Trinajstić information content (AvgIpc) is 3.09. The summed E-state index contributed by atoms with van der Waals surface area (Å²) < 4.78 is 0. The summed E-state index contributed by atoms with van der Waals surface area (Å²) in [6.07, 6.45) is 0. The molecular formula is C40H30BNO2. The molecule has 210 valence electrons. The molecule has 7 rings (SSSR count). The smallest absolute Gasteiger partial charge is 0.423 e. The van der Waals surface area contributed by atoms with Crippen LogP contribution in [-0.2, 0) is 0 Å². The van der Waals surface area contributed by atoms with E-state index in [1.54, 1.807) is 12.1 Å². The molecule has 0 saturated carbocycles. The van der Waals surface area contributed by atoms with Crippen LogP contribution in [0.3, 0.4) is 0 Å². The van der Waals surface area contributed by atoms with Crippen molar-refractivity contribution in [3.8, 4) is 33.4 Å². The third kappa shape index (κ3) is 5.52. The molecule has 0 fully saturated rings. The van der Waals surface area contributed by atoms with Crippen LogP contribution in [0.2, 0.25) is 0 Å². The molecule has 0 saturated heterocycles. The van der Waals surface area contributed by atoms with Gasteiger partial charge in [0.15, 0.2) is 0 Å². The second-order valence-electron chi connectivity index (χ2n) is 10.9. The molecule has 2 N–H and O–H groups in total. The number of nitrogens with zero attached hydrogens (tertiary/aromatic N) is 1. The summed E-state index contributed by atoms with van der Waals surface area (Å²) in [4.78, 5) is 2.32. The number of anilines is 3. The van der Waals surface area contributed by atoms with E-state index in [1.165, 1.54) is 21.9 Å². The second-order valence-corrected chi connectivity index (χ2v) is 10.9. The Kier molecular flexibility index (Phi) is 7.52. The van der Waals surface area contributed by atoms with Gasteiger partial charge >= 0.3 is 7.12 Å². The van der Waals surface area contributed by atoms with Crippen LogP contribution in [0.4, 0.5) is 17.1 Å².